The average molecular weight is 375 g/mol. The second-order valence-corrected chi connectivity index (χ2v) is 9.41. The molecule has 2 fully saturated rings. The minimum absolute atomic E-state index is 0.114. The predicted molar refractivity (Wildman–Crippen MR) is 115 cm³/mol. The molecule has 0 aromatic heterocycles. The van der Waals surface area contributed by atoms with E-state index in [1.54, 1.807) is 11.1 Å². The van der Waals surface area contributed by atoms with E-state index in [4.69, 9.17) is 0 Å². The van der Waals surface area contributed by atoms with Gasteiger partial charge in [0.15, 0.2) is 0 Å². The monoisotopic (exact) mass is 374 g/mol. The summed E-state index contributed by atoms with van der Waals surface area (Å²) in [7, 11) is 9.26. The third-order valence-electron chi connectivity index (χ3n) is 8.49. The van der Waals surface area contributed by atoms with Gasteiger partial charge in [0.2, 0.25) is 0 Å². The molecule has 4 atom stereocenters. The summed E-state index contributed by atoms with van der Waals surface area (Å²) in [6, 6.07) is 18.4. The molecule has 0 radical (unpaired) electrons. The Bertz CT molecular complexity index is 880. The van der Waals surface area contributed by atoms with Gasteiger partial charge in [0.1, 0.15) is 0 Å². The van der Waals surface area contributed by atoms with E-state index in [-0.39, 0.29) is 10.8 Å². The molecular formula is C24H30N4. The zero-order chi connectivity index (χ0) is 19.3. The molecule has 0 N–H and O–H groups in total. The molecule has 2 aromatic carbocycles. The molecule has 2 aromatic rings. The molecule has 0 aliphatic carbocycles. The second kappa shape index (κ2) is 5.31. The molecule has 0 amide bonds. The second-order valence-electron chi connectivity index (χ2n) is 9.41. The number of anilines is 2. The Hall–Kier alpha value is -2.04. The first-order chi connectivity index (χ1) is 13.5. The predicted octanol–water partition coefficient (Wildman–Crippen LogP) is 3.09. The highest BCUT2D eigenvalue weighted by atomic mass is 15.4. The fourth-order valence-electron chi connectivity index (χ4n) is 7.73. The van der Waals surface area contributed by atoms with E-state index in [0.717, 1.165) is 13.1 Å². The maximum atomic E-state index is 2.60. The molecule has 2 unspecified atom stereocenters. The van der Waals surface area contributed by atoms with Crippen LogP contribution in [0.15, 0.2) is 48.5 Å². The van der Waals surface area contributed by atoms with Gasteiger partial charge >= 0.3 is 0 Å². The summed E-state index contributed by atoms with van der Waals surface area (Å²) in [5, 5.41) is 0. The van der Waals surface area contributed by atoms with Crippen molar-refractivity contribution in [2.45, 2.75) is 36.0 Å². The van der Waals surface area contributed by atoms with Gasteiger partial charge in [0.25, 0.3) is 0 Å². The zero-order valence-electron chi connectivity index (χ0n) is 17.4. The van der Waals surface area contributed by atoms with Crippen LogP contribution in [0.1, 0.15) is 24.0 Å². The third kappa shape index (κ3) is 1.60. The van der Waals surface area contributed by atoms with Gasteiger partial charge in [0.05, 0.1) is 12.3 Å². The molecule has 0 saturated carbocycles. The number of para-hydroxylation sites is 2. The summed E-state index contributed by atoms with van der Waals surface area (Å²) in [6.07, 6.45) is 3.28. The van der Waals surface area contributed by atoms with Crippen molar-refractivity contribution in [3.8, 4) is 0 Å². The van der Waals surface area contributed by atoms with Crippen LogP contribution in [0, 0.1) is 0 Å². The van der Waals surface area contributed by atoms with Crippen molar-refractivity contribution in [2.24, 2.45) is 0 Å². The van der Waals surface area contributed by atoms with E-state index in [9.17, 15) is 0 Å². The number of hydrogen-bond acceptors (Lipinski definition) is 4. The van der Waals surface area contributed by atoms with Crippen molar-refractivity contribution >= 4 is 11.4 Å². The first kappa shape index (κ1) is 16.9. The minimum atomic E-state index is 0.114. The number of benzene rings is 2. The summed E-state index contributed by atoms with van der Waals surface area (Å²) in [5.41, 5.74) is 6.21. The van der Waals surface area contributed by atoms with Gasteiger partial charge in [0, 0.05) is 49.4 Å². The number of likely N-dealkylation sites (N-methyl/N-ethyl adjacent to an activating group) is 4. The highest BCUT2D eigenvalue weighted by molar-refractivity contribution is 5.73. The van der Waals surface area contributed by atoms with Crippen molar-refractivity contribution in [2.75, 3.05) is 51.1 Å². The molecule has 2 saturated heterocycles. The van der Waals surface area contributed by atoms with Gasteiger partial charge in [-0.3, -0.25) is 9.80 Å². The molecule has 0 spiro atoms. The molecule has 28 heavy (non-hydrogen) atoms. The smallest absolute Gasteiger partial charge is 0.0924 e. The molecule has 4 heteroatoms. The molecule has 4 heterocycles. The minimum Gasteiger partial charge on any atom is -0.358 e. The van der Waals surface area contributed by atoms with Gasteiger partial charge < -0.3 is 9.80 Å². The van der Waals surface area contributed by atoms with E-state index in [2.05, 4.69) is 96.3 Å². The summed E-state index contributed by atoms with van der Waals surface area (Å²) >= 11 is 0. The fraction of sp³-hybridized carbons (Fsp3) is 0.500. The Labute approximate surface area is 168 Å². The largest absolute Gasteiger partial charge is 0.358 e. The number of rotatable bonds is 1. The van der Waals surface area contributed by atoms with E-state index < -0.39 is 0 Å². The SMILES string of the molecule is CN1CC[C@]2([C@]34CCN(C)C3N(C)c3ccccc34)c3ccccc3N(C)C12. The standard InChI is InChI=1S/C24H30N4/c1-25-15-13-23(17-9-5-7-11-19(17)27(3)21(23)25)24-14-16-26(2)22(24)28(4)20-12-8-6-10-18(20)24/h5-12,21-22H,13-16H2,1-4H3/t21?,22?,23-,24-/m0/s1. The number of fused-ring (bicyclic) bond motifs is 7. The summed E-state index contributed by atoms with van der Waals surface area (Å²) in [6.45, 7) is 2.32. The van der Waals surface area contributed by atoms with Gasteiger partial charge in [-0.2, -0.15) is 0 Å². The van der Waals surface area contributed by atoms with Crippen LogP contribution in [0.25, 0.3) is 0 Å². The van der Waals surface area contributed by atoms with Gasteiger partial charge in [-0.1, -0.05) is 36.4 Å². The molecule has 4 aliphatic rings. The molecule has 6 rings (SSSR count). The highest BCUT2D eigenvalue weighted by Gasteiger charge is 2.72. The van der Waals surface area contributed by atoms with Crippen molar-refractivity contribution in [3.63, 3.8) is 0 Å². The lowest BCUT2D eigenvalue weighted by atomic mass is 9.55. The average Bonchev–Trinajstić information content (AvgIpc) is 3.39. The van der Waals surface area contributed by atoms with Crippen molar-refractivity contribution in [1.29, 1.82) is 0 Å². The lowest BCUT2D eigenvalue weighted by molar-refractivity contribution is 0.126. The molecule has 146 valence electrons. The van der Waals surface area contributed by atoms with Crippen LogP contribution in [0.5, 0.6) is 0 Å². The summed E-state index contributed by atoms with van der Waals surface area (Å²) in [4.78, 5) is 10.3. The van der Waals surface area contributed by atoms with Crippen molar-refractivity contribution in [3.05, 3.63) is 59.7 Å². The normalized spacial score (nSPS) is 36.6. The first-order valence-corrected chi connectivity index (χ1v) is 10.6. The van der Waals surface area contributed by atoms with Crippen LogP contribution in [0.3, 0.4) is 0 Å². The molecule has 4 aliphatic heterocycles. The zero-order valence-corrected chi connectivity index (χ0v) is 17.4. The van der Waals surface area contributed by atoms with Crippen LogP contribution >= 0.6 is 0 Å². The number of hydrogen-bond donors (Lipinski definition) is 0. The number of nitrogens with zero attached hydrogens (tertiary/aromatic N) is 4. The Morgan fingerprint density at radius 3 is 1.46 bits per heavy atom. The maximum absolute atomic E-state index is 2.60. The van der Waals surface area contributed by atoms with Gasteiger partial charge in [-0.25, -0.2) is 0 Å². The molecule has 4 nitrogen and oxygen atoms in total. The van der Waals surface area contributed by atoms with Crippen LogP contribution in [0.2, 0.25) is 0 Å². The Balaban J connectivity index is 1.71. The summed E-state index contributed by atoms with van der Waals surface area (Å²) < 4.78 is 0. The summed E-state index contributed by atoms with van der Waals surface area (Å²) in [5.74, 6) is 0. The van der Waals surface area contributed by atoms with Crippen LogP contribution in [-0.2, 0) is 10.8 Å². The lowest BCUT2D eigenvalue weighted by Crippen LogP contribution is -2.62. The van der Waals surface area contributed by atoms with Gasteiger partial charge in [-0.15, -0.1) is 0 Å². The van der Waals surface area contributed by atoms with E-state index in [1.807, 2.05) is 0 Å². The van der Waals surface area contributed by atoms with Crippen molar-refractivity contribution < 1.29 is 0 Å². The van der Waals surface area contributed by atoms with Gasteiger partial charge in [-0.05, 0) is 50.2 Å². The molecule has 0 bridgehead atoms. The Kier molecular flexibility index (Phi) is 3.20. The molecular weight excluding hydrogens is 344 g/mol. The lowest BCUT2D eigenvalue weighted by Gasteiger charge is -2.50. The fourth-order valence-corrected chi connectivity index (χ4v) is 7.73. The number of likely N-dealkylation sites (tertiary alicyclic amines) is 2. The Morgan fingerprint density at radius 2 is 1.04 bits per heavy atom. The van der Waals surface area contributed by atoms with E-state index in [0.29, 0.717) is 12.3 Å². The topological polar surface area (TPSA) is 13.0 Å². The quantitative estimate of drug-likeness (QED) is 0.760. The van der Waals surface area contributed by atoms with E-state index >= 15 is 0 Å². The van der Waals surface area contributed by atoms with Crippen LogP contribution < -0.4 is 9.80 Å². The maximum Gasteiger partial charge on any atom is 0.0924 e. The van der Waals surface area contributed by atoms with Crippen LogP contribution in [-0.4, -0.2) is 63.4 Å². The first-order valence-electron chi connectivity index (χ1n) is 10.6. The van der Waals surface area contributed by atoms with Crippen LogP contribution in [0.4, 0.5) is 11.4 Å². The Morgan fingerprint density at radius 1 is 0.643 bits per heavy atom. The third-order valence-corrected chi connectivity index (χ3v) is 8.49. The highest BCUT2D eigenvalue weighted by Crippen LogP contribution is 2.68. The van der Waals surface area contributed by atoms with Crippen molar-refractivity contribution in [1.82, 2.24) is 9.80 Å². The van der Waals surface area contributed by atoms with E-state index in [1.165, 1.54) is 24.2 Å².